The van der Waals surface area contributed by atoms with Crippen molar-refractivity contribution < 1.29 is 69.9 Å². The summed E-state index contributed by atoms with van der Waals surface area (Å²) in [5.74, 6) is -1.44. The number of alkyl halides is 2. The molecule has 5 atom stereocenters. The number of thioether (sulfide) groups is 1. The van der Waals surface area contributed by atoms with Crippen LogP contribution < -0.4 is 5.73 Å². The third-order valence-corrected chi connectivity index (χ3v) is 12.2. The molecule has 2 aromatic heterocycles. The average Bonchev–Trinajstić information content (AvgIpc) is 3.58. The van der Waals surface area contributed by atoms with Crippen molar-refractivity contribution in [3.8, 4) is 0 Å². The molecule has 1 fully saturated rings. The van der Waals surface area contributed by atoms with Crippen LogP contribution in [0.5, 0.6) is 0 Å². The lowest BCUT2D eigenvalue weighted by Crippen LogP contribution is -2.31. The molecule has 0 aliphatic carbocycles. The summed E-state index contributed by atoms with van der Waals surface area (Å²) in [5.41, 5.74) is 15.3. The van der Waals surface area contributed by atoms with Gasteiger partial charge in [0.1, 0.15) is 24.0 Å². The van der Waals surface area contributed by atoms with Crippen LogP contribution in [0.3, 0.4) is 0 Å². The molecule has 0 radical (unpaired) electrons. The molecule has 0 bridgehead atoms. The van der Waals surface area contributed by atoms with E-state index in [2.05, 4.69) is 33.8 Å². The first kappa shape index (κ1) is 37.5. The highest BCUT2D eigenvalue weighted by Gasteiger charge is 2.68. The normalized spacial score (nSPS) is 20.9. The van der Waals surface area contributed by atoms with Crippen LogP contribution in [-0.2, 0) is 36.8 Å². The second-order valence-corrected chi connectivity index (χ2v) is 16.0. The standard InChI is InChI=1S/C21H23F2N8O13P3S/c1-10(32)42-14-6-16(43-15(14)7-41-45(34,35)21(22,23)46(36,37)44-47(38,39)40)31-9-26-17-18(24)27-20(28-19(17)31)48-8-13(33)11-2-4-12(5-3-11)29-30-25/h2-5,9,14-16H,6-8H2,1H3,(H,34,35)(H,36,37)(H2,24,27,28)(H2,38,39,40)/t14-,15-,16-/m1/s1. The number of azide groups is 1. The summed E-state index contributed by atoms with van der Waals surface area (Å²) in [5, 5.41) is -2.25. The van der Waals surface area contributed by atoms with Crippen LogP contribution in [0.25, 0.3) is 21.6 Å². The zero-order chi connectivity index (χ0) is 35.7. The number of imidazole rings is 1. The van der Waals surface area contributed by atoms with Gasteiger partial charge in [-0.2, -0.15) is 8.78 Å². The number of hydrogen-bond donors (Lipinski definition) is 5. The number of anilines is 1. The van der Waals surface area contributed by atoms with Crippen LogP contribution in [0, 0.1) is 0 Å². The summed E-state index contributed by atoms with van der Waals surface area (Å²) in [6.07, 6.45) is -3.07. The van der Waals surface area contributed by atoms with Crippen LogP contribution in [0.4, 0.5) is 20.3 Å². The molecule has 4 rings (SSSR count). The van der Waals surface area contributed by atoms with Crippen LogP contribution >= 0.6 is 34.8 Å². The van der Waals surface area contributed by atoms with Gasteiger partial charge in [0, 0.05) is 29.5 Å². The van der Waals surface area contributed by atoms with E-state index in [1.165, 1.54) is 35.2 Å². The minimum atomic E-state index is -6.80. The second-order valence-electron chi connectivity index (χ2n) is 9.59. The Morgan fingerprint density at radius 3 is 2.46 bits per heavy atom. The maximum atomic E-state index is 14.5. The second kappa shape index (κ2) is 14.2. The van der Waals surface area contributed by atoms with Crippen molar-refractivity contribution in [3.63, 3.8) is 0 Å². The number of ketones is 1. The van der Waals surface area contributed by atoms with Crippen molar-refractivity contribution in [1.29, 1.82) is 0 Å². The van der Waals surface area contributed by atoms with Gasteiger partial charge >= 0.3 is 34.4 Å². The maximum Gasteiger partial charge on any atom is 0.477 e. The number of carbonyl (C=O) groups is 2. The Morgan fingerprint density at radius 1 is 1.19 bits per heavy atom. The maximum absolute atomic E-state index is 14.5. The van der Waals surface area contributed by atoms with Crippen molar-refractivity contribution in [2.45, 2.75) is 42.3 Å². The van der Waals surface area contributed by atoms with Crippen LogP contribution in [0.1, 0.15) is 29.9 Å². The highest BCUT2D eigenvalue weighted by molar-refractivity contribution is 7.99. The molecule has 3 aromatic rings. The third-order valence-electron chi connectivity index (χ3n) is 6.23. The Kier molecular flexibility index (Phi) is 11.1. The van der Waals surface area contributed by atoms with Gasteiger partial charge in [0.25, 0.3) is 0 Å². The minimum absolute atomic E-state index is 0.0321. The molecule has 2 unspecified atom stereocenters. The Bertz CT molecular complexity index is 1920. The zero-order valence-electron chi connectivity index (χ0n) is 23.9. The lowest BCUT2D eigenvalue weighted by Gasteiger charge is -2.26. The largest absolute Gasteiger partial charge is 0.477 e. The highest BCUT2D eigenvalue weighted by atomic mass is 32.2. The van der Waals surface area contributed by atoms with Gasteiger partial charge in [0.15, 0.2) is 22.4 Å². The number of aromatic nitrogens is 4. The number of nitrogens with two attached hydrogens (primary N) is 1. The van der Waals surface area contributed by atoms with Crippen molar-refractivity contribution in [2.24, 2.45) is 5.11 Å². The van der Waals surface area contributed by atoms with Gasteiger partial charge in [0.05, 0.1) is 18.7 Å². The van der Waals surface area contributed by atoms with E-state index in [1.54, 1.807) is 0 Å². The summed E-state index contributed by atoms with van der Waals surface area (Å²) >= 11 is 0.912. The number of fused-ring (bicyclic) bond motifs is 1. The Hall–Kier alpha value is -3.36. The summed E-state index contributed by atoms with van der Waals surface area (Å²) in [6, 6.07) is 5.84. The number of carbonyl (C=O) groups excluding carboxylic acids is 2. The quantitative estimate of drug-likeness (QED) is 0.0229. The smallest absolute Gasteiger partial charge is 0.460 e. The van der Waals surface area contributed by atoms with Gasteiger partial charge in [-0.05, 0) is 5.53 Å². The van der Waals surface area contributed by atoms with E-state index in [0.29, 0.717) is 11.3 Å². The average molecular weight is 758 g/mol. The monoisotopic (exact) mass is 758 g/mol. The van der Waals surface area contributed by atoms with Gasteiger partial charge in [-0.3, -0.25) is 23.3 Å². The lowest BCUT2D eigenvalue weighted by molar-refractivity contribution is -0.150. The molecule has 1 aliphatic heterocycles. The lowest BCUT2D eigenvalue weighted by atomic mass is 10.1. The van der Waals surface area contributed by atoms with E-state index in [0.717, 1.165) is 18.7 Å². The fourth-order valence-corrected chi connectivity index (χ4v) is 8.71. The summed E-state index contributed by atoms with van der Waals surface area (Å²) in [6.45, 7) is -0.262. The van der Waals surface area contributed by atoms with E-state index in [-0.39, 0.29) is 40.1 Å². The summed E-state index contributed by atoms with van der Waals surface area (Å²) in [7, 11) is -19.4. The molecule has 1 aromatic carbocycles. The molecule has 48 heavy (non-hydrogen) atoms. The van der Waals surface area contributed by atoms with E-state index in [9.17, 15) is 41.9 Å². The van der Waals surface area contributed by atoms with Crippen LogP contribution in [-0.4, -0.2) is 80.8 Å². The molecular formula is C21H23F2N8O13P3S. The minimum Gasteiger partial charge on any atom is -0.460 e. The summed E-state index contributed by atoms with van der Waals surface area (Å²) < 4.78 is 83.6. The number of ether oxygens (including phenoxy) is 2. The summed E-state index contributed by atoms with van der Waals surface area (Å²) in [4.78, 5) is 76.1. The Morgan fingerprint density at radius 2 is 1.85 bits per heavy atom. The van der Waals surface area contributed by atoms with Crippen LogP contribution in [0.15, 0.2) is 40.9 Å². The molecule has 0 saturated carbocycles. The molecule has 27 heteroatoms. The topological polar surface area (TPSA) is 322 Å². The molecule has 0 amide bonds. The Labute approximate surface area is 270 Å². The number of hydrogen-bond acceptors (Lipinski definition) is 15. The van der Waals surface area contributed by atoms with Gasteiger partial charge in [-0.1, -0.05) is 41.1 Å². The first-order valence-electron chi connectivity index (χ1n) is 12.8. The van der Waals surface area contributed by atoms with E-state index in [4.69, 9.17) is 30.5 Å². The van der Waals surface area contributed by atoms with Gasteiger partial charge < -0.3 is 39.3 Å². The number of nitrogen functional groups attached to an aromatic ring is 1. The molecular weight excluding hydrogens is 735 g/mol. The number of esters is 1. The number of halogens is 2. The zero-order valence-corrected chi connectivity index (χ0v) is 27.4. The van der Waals surface area contributed by atoms with E-state index in [1.807, 2.05) is 0 Å². The fourth-order valence-electron chi connectivity index (χ4n) is 4.14. The van der Waals surface area contributed by atoms with Crippen molar-refractivity contribution in [1.82, 2.24) is 19.5 Å². The molecule has 3 heterocycles. The predicted octanol–water partition coefficient (Wildman–Crippen LogP) is 3.59. The van der Waals surface area contributed by atoms with Crippen molar-refractivity contribution in [2.75, 3.05) is 18.1 Å². The van der Waals surface area contributed by atoms with Crippen molar-refractivity contribution in [3.05, 3.63) is 46.6 Å². The molecule has 1 saturated heterocycles. The first-order valence-corrected chi connectivity index (χ1v) is 18.5. The van der Waals surface area contributed by atoms with Crippen LogP contribution in [0.2, 0.25) is 0 Å². The number of nitrogens with zero attached hydrogens (tertiary/aromatic N) is 7. The van der Waals surface area contributed by atoms with Gasteiger partial charge in [-0.15, -0.1) is 0 Å². The molecule has 0 spiro atoms. The molecule has 6 N–H and O–H groups in total. The number of Topliss-reactive ketones (excluding diaryl/α,β-unsaturated/α-hetero) is 1. The highest BCUT2D eigenvalue weighted by Crippen LogP contribution is 2.78. The van der Waals surface area contributed by atoms with E-state index < -0.39 is 59.4 Å². The molecule has 260 valence electrons. The molecule has 1 aliphatic rings. The fraction of sp³-hybridized carbons (Fsp3) is 0.381. The number of benzene rings is 1. The van der Waals surface area contributed by atoms with Crippen molar-refractivity contribution >= 4 is 69.2 Å². The predicted molar refractivity (Wildman–Crippen MR) is 158 cm³/mol. The van der Waals surface area contributed by atoms with Gasteiger partial charge in [0.2, 0.25) is 0 Å². The third kappa shape index (κ3) is 8.43. The first-order chi connectivity index (χ1) is 22.2. The molecule has 21 nitrogen and oxygen atoms in total. The number of phosphoric acid groups is 1. The Balaban J connectivity index is 1.52. The van der Waals surface area contributed by atoms with Gasteiger partial charge in [-0.25, -0.2) is 23.8 Å². The van der Waals surface area contributed by atoms with E-state index >= 15 is 0 Å². The SMILES string of the molecule is CC(=O)O[C@@H]1C[C@H](n2cnc3c(N)nc(SCC(=O)c4ccc(N=[N+]=[N-])cc4)nc32)O[C@@H]1COP(=O)(O)C(F)(F)P(=O)(O)OP(=O)(O)O. The number of rotatable bonds is 14.